The van der Waals surface area contributed by atoms with E-state index in [9.17, 15) is 0 Å². The molecule has 1 aromatic carbocycles. The molecule has 1 saturated heterocycles. The van der Waals surface area contributed by atoms with Crippen LogP contribution in [0.5, 0.6) is 0 Å². The van der Waals surface area contributed by atoms with Crippen molar-refractivity contribution in [3.63, 3.8) is 0 Å². The molecule has 0 aromatic heterocycles. The standard InChI is InChI=1S/C14H19BrClNO/c1-17(10-12-4-2-3-7-18-12)14-6-5-11(9-16)8-13(14)15/h5-6,8,12H,2-4,7,9-10H2,1H3. The van der Waals surface area contributed by atoms with Crippen molar-refractivity contribution in [1.29, 1.82) is 0 Å². The summed E-state index contributed by atoms with van der Waals surface area (Å²) >= 11 is 9.44. The van der Waals surface area contributed by atoms with E-state index in [1.54, 1.807) is 0 Å². The van der Waals surface area contributed by atoms with Crippen LogP contribution in [-0.2, 0) is 10.6 Å². The van der Waals surface area contributed by atoms with Gasteiger partial charge in [0.05, 0.1) is 11.8 Å². The van der Waals surface area contributed by atoms with Crippen LogP contribution in [0.15, 0.2) is 22.7 Å². The number of ether oxygens (including phenoxy) is 1. The van der Waals surface area contributed by atoms with Gasteiger partial charge in [-0.3, -0.25) is 0 Å². The Hall–Kier alpha value is -0.250. The molecule has 1 heterocycles. The summed E-state index contributed by atoms with van der Waals surface area (Å²) in [7, 11) is 2.11. The van der Waals surface area contributed by atoms with Gasteiger partial charge in [-0.1, -0.05) is 6.07 Å². The van der Waals surface area contributed by atoms with Crippen LogP contribution < -0.4 is 4.90 Å². The van der Waals surface area contributed by atoms with Crippen LogP contribution in [0, 0.1) is 0 Å². The average Bonchev–Trinajstić information content (AvgIpc) is 2.39. The van der Waals surface area contributed by atoms with Gasteiger partial charge in [-0.05, 0) is 52.9 Å². The molecule has 1 atom stereocenters. The molecule has 100 valence electrons. The zero-order chi connectivity index (χ0) is 13.0. The summed E-state index contributed by atoms with van der Waals surface area (Å²) in [6.45, 7) is 1.85. The minimum Gasteiger partial charge on any atom is -0.376 e. The van der Waals surface area contributed by atoms with Crippen molar-refractivity contribution >= 4 is 33.2 Å². The van der Waals surface area contributed by atoms with E-state index in [2.05, 4.69) is 46.1 Å². The Morgan fingerprint density at radius 2 is 2.28 bits per heavy atom. The maximum Gasteiger partial charge on any atom is 0.0749 e. The van der Waals surface area contributed by atoms with Crippen molar-refractivity contribution in [2.75, 3.05) is 25.1 Å². The Balaban J connectivity index is 2.01. The van der Waals surface area contributed by atoms with Gasteiger partial charge >= 0.3 is 0 Å². The van der Waals surface area contributed by atoms with E-state index in [1.165, 1.54) is 24.9 Å². The van der Waals surface area contributed by atoms with E-state index in [0.717, 1.165) is 23.2 Å². The monoisotopic (exact) mass is 331 g/mol. The molecule has 1 aliphatic rings. The average molecular weight is 333 g/mol. The second-order valence-electron chi connectivity index (χ2n) is 4.79. The van der Waals surface area contributed by atoms with Gasteiger partial charge in [0.2, 0.25) is 0 Å². The van der Waals surface area contributed by atoms with E-state index < -0.39 is 0 Å². The van der Waals surface area contributed by atoms with Crippen LogP contribution in [0.25, 0.3) is 0 Å². The van der Waals surface area contributed by atoms with Gasteiger partial charge in [0.25, 0.3) is 0 Å². The summed E-state index contributed by atoms with van der Waals surface area (Å²) in [6, 6.07) is 6.27. The van der Waals surface area contributed by atoms with Crippen LogP contribution in [0.2, 0.25) is 0 Å². The number of hydrogen-bond donors (Lipinski definition) is 0. The van der Waals surface area contributed by atoms with Crippen LogP contribution >= 0.6 is 27.5 Å². The first-order chi connectivity index (χ1) is 8.70. The van der Waals surface area contributed by atoms with Crippen molar-refractivity contribution in [3.05, 3.63) is 28.2 Å². The Kier molecular flexibility index (Phi) is 5.34. The first kappa shape index (κ1) is 14.2. The van der Waals surface area contributed by atoms with E-state index in [-0.39, 0.29) is 0 Å². The van der Waals surface area contributed by atoms with Gasteiger partial charge in [-0.25, -0.2) is 0 Å². The van der Waals surface area contributed by atoms with Gasteiger partial charge in [0.15, 0.2) is 0 Å². The molecule has 1 fully saturated rings. The maximum absolute atomic E-state index is 5.83. The molecule has 1 unspecified atom stereocenters. The molecule has 0 aliphatic carbocycles. The lowest BCUT2D eigenvalue weighted by Crippen LogP contribution is -2.33. The number of halogens is 2. The summed E-state index contributed by atoms with van der Waals surface area (Å²) < 4.78 is 6.87. The summed E-state index contributed by atoms with van der Waals surface area (Å²) in [5.41, 5.74) is 2.33. The topological polar surface area (TPSA) is 12.5 Å². The Labute approximate surface area is 122 Å². The minimum atomic E-state index is 0.364. The highest BCUT2D eigenvalue weighted by molar-refractivity contribution is 9.10. The molecule has 1 aromatic rings. The number of anilines is 1. The van der Waals surface area contributed by atoms with E-state index in [1.807, 2.05) is 0 Å². The fraction of sp³-hybridized carbons (Fsp3) is 0.571. The summed E-state index contributed by atoms with van der Waals surface area (Å²) in [6.07, 6.45) is 4.02. The molecular formula is C14H19BrClNO. The van der Waals surface area contributed by atoms with Crippen LogP contribution in [0.4, 0.5) is 5.69 Å². The predicted octanol–water partition coefficient (Wildman–Crippen LogP) is 4.19. The fourth-order valence-corrected chi connectivity index (χ4v) is 3.19. The normalized spacial score (nSPS) is 19.8. The lowest BCUT2D eigenvalue weighted by atomic mass is 10.1. The molecule has 0 saturated carbocycles. The summed E-state index contributed by atoms with van der Waals surface area (Å²) in [5.74, 6) is 0.550. The third-order valence-corrected chi connectivity index (χ3v) is 4.27. The molecule has 0 N–H and O–H groups in total. The number of nitrogens with zero attached hydrogens (tertiary/aromatic N) is 1. The zero-order valence-electron chi connectivity index (χ0n) is 10.7. The Morgan fingerprint density at radius 1 is 1.44 bits per heavy atom. The first-order valence-electron chi connectivity index (χ1n) is 6.38. The largest absolute Gasteiger partial charge is 0.376 e. The number of hydrogen-bond acceptors (Lipinski definition) is 2. The Morgan fingerprint density at radius 3 is 2.89 bits per heavy atom. The quantitative estimate of drug-likeness (QED) is 0.766. The maximum atomic E-state index is 5.83. The second-order valence-corrected chi connectivity index (χ2v) is 5.91. The van der Waals surface area contributed by atoms with E-state index in [4.69, 9.17) is 16.3 Å². The zero-order valence-corrected chi connectivity index (χ0v) is 13.0. The van der Waals surface area contributed by atoms with Crippen LogP contribution in [0.3, 0.4) is 0 Å². The minimum absolute atomic E-state index is 0.364. The molecule has 0 spiro atoms. The van der Waals surface area contributed by atoms with Gasteiger partial charge < -0.3 is 9.64 Å². The number of rotatable bonds is 4. The molecule has 4 heteroatoms. The lowest BCUT2D eigenvalue weighted by molar-refractivity contribution is 0.0216. The van der Waals surface area contributed by atoms with E-state index >= 15 is 0 Å². The molecule has 2 nitrogen and oxygen atoms in total. The third kappa shape index (κ3) is 3.62. The number of benzene rings is 1. The van der Waals surface area contributed by atoms with Gasteiger partial charge in [-0.15, -0.1) is 11.6 Å². The smallest absolute Gasteiger partial charge is 0.0749 e. The molecule has 2 rings (SSSR count). The van der Waals surface area contributed by atoms with Gasteiger partial charge in [0, 0.05) is 30.6 Å². The van der Waals surface area contributed by atoms with Crippen LogP contribution in [-0.4, -0.2) is 26.3 Å². The molecule has 0 radical (unpaired) electrons. The lowest BCUT2D eigenvalue weighted by Gasteiger charge is -2.29. The van der Waals surface area contributed by atoms with Crippen molar-refractivity contribution in [2.24, 2.45) is 0 Å². The molecular weight excluding hydrogens is 314 g/mol. The third-order valence-electron chi connectivity index (χ3n) is 3.33. The number of alkyl halides is 1. The molecule has 1 aliphatic heterocycles. The fourth-order valence-electron chi connectivity index (χ4n) is 2.30. The SMILES string of the molecule is CN(CC1CCCCO1)c1ccc(CCl)cc1Br. The molecule has 18 heavy (non-hydrogen) atoms. The highest BCUT2D eigenvalue weighted by atomic mass is 79.9. The summed E-state index contributed by atoms with van der Waals surface area (Å²) in [4.78, 5) is 2.25. The van der Waals surface area contributed by atoms with Gasteiger partial charge in [0.1, 0.15) is 0 Å². The molecule has 0 bridgehead atoms. The van der Waals surface area contributed by atoms with Crippen molar-refractivity contribution < 1.29 is 4.74 Å². The number of likely N-dealkylation sites (N-methyl/N-ethyl adjacent to an activating group) is 1. The molecule has 0 amide bonds. The van der Waals surface area contributed by atoms with Gasteiger partial charge in [-0.2, -0.15) is 0 Å². The Bertz CT molecular complexity index is 393. The second kappa shape index (κ2) is 6.78. The van der Waals surface area contributed by atoms with Crippen molar-refractivity contribution in [3.8, 4) is 0 Å². The highest BCUT2D eigenvalue weighted by Crippen LogP contribution is 2.28. The van der Waals surface area contributed by atoms with Crippen LogP contribution in [0.1, 0.15) is 24.8 Å². The van der Waals surface area contributed by atoms with Crippen molar-refractivity contribution in [1.82, 2.24) is 0 Å². The highest BCUT2D eigenvalue weighted by Gasteiger charge is 2.17. The van der Waals surface area contributed by atoms with Crippen molar-refractivity contribution in [2.45, 2.75) is 31.2 Å². The van der Waals surface area contributed by atoms with E-state index in [0.29, 0.717) is 12.0 Å². The summed E-state index contributed by atoms with van der Waals surface area (Å²) in [5, 5.41) is 0. The first-order valence-corrected chi connectivity index (χ1v) is 7.70. The predicted molar refractivity (Wildman–Crippen MR) is 80.6 cm³/mol.